The van der Waals surface area contributed by atoms with Gasteiger partial charge in [-0.2, -0.15) is 0 Å². The summed E-state index contributed by atoms with van der Waals surface area (Å²) in [6.45, 7) is 4.03. The number of rotatable bonds is 4. The second-order valence-corrected chi connectivity index (χ2v) is 6.85. The van der Waals surface area contributed by atoms with Crippen molar-refractivity contribution in [3.05, 3.63) is 0 Å². The van der Waals surface area contributed by atoms with E-state index < -0.39 is 0 Å². The van der Waals surface area contributed by atoms with Crippen LogP contribution in [0.2, 0.25) is 0 Å². The molecule has 1 N–H and O–H groups in total. The zero-order chi connectivity index (χ0) is 16.4. The fourth-order valence-corrected chi connectivity index (χ4v) is 4.17. The lowest BCUT2D eigenvalue weighted by Crippen LogP contribution is -2.53. The molecule has 3 rings (SSSR count). The molecule has 3 aliphatic heterocycles. The molecule has 0 saturated carbocycles. The molecule has 128 valence electrons. The number of likely N-dealkylation sites (tertiary alicyclic amines) is 2. The average Bonchev–Trinajstić information content (AvgIpc) is 3.33. The minimum Gasteiger partial charge on any atom is -0.331 e. The number of nitrogens with zero attached hydrogens (tertiary/aromatic N) is 2. The molecular formula is C17H27N3O3. The molecule has 2 amide bonds. The van der Waals surface area contributed by atoms with Crippen LogP contribution >= 0.6 is 0 Å². The lowest BCUT2D eigenvalue weighted by molar-refractivity contribution is -0.146. The van der Waals surface area contributed by atoms with Crippen molar-refractivity contribution in [3.8, 4) is 0 Å². The quantitative estimate of drug-likeness (QED) is 0.827. The summed E-state index contributed by atoms with van der Waals surface area (Å²) >= 11 is 0. The third-order valence-electron chi connectivity index (χ3n) is 5.44. The standard InChI is InChI=1S/C17H27N3O3/c1-2-15(21)13-7-4-10-19(13)17(23)14-8-5-11-20(14)16(22)12-6-3-9-18-12/h12-14,18H,2-11H2,1H3. The molecule has 0 spiro atoms. The van der Waals surface area contributed by atoms with Gasteiger partial charge in [-0.05, 0) is 45.1 Å². The third-order valence-corrected chi connectivity index (χ3v) is 5.44. The zero-order valence-electron chi connectivity index (χ0n) is 13.9. The van der Waals surface area contributed by atoms with Crippen LogP contribution in [0.4, 0.5) is 0 Å². The zero-order valence-corrected chi connectivity index (χ0v) is 13.9. The summed E-state index contributed by atoms with van der Waals surface area (Å²) in [7, 11) is 0. The predicted molar refractivity (Wildman–Crippen MR) is 85.8 cm³/mol. The molecule has 3 saturated heterocycles. The van der Waals surface area contributed by atoms with Crippen molar-refractivity contribution in [3.63, 3.8) is 0 Å². The maximum atomic E-state index is 13.0. The molecule has 3 aliphatic rings. The summed E-state index contributed by atoms with van der Waals surface area (Å²) in [5.74, 6) is 0.193. The molecule has 23 heavy (non-hydrogen) atoms. The Balaban J connectivity index is 1.70. The highest BCUT2D eigenvalue weighted by atomic mass is 16.2. The van der Waals surface area contributed by atoms with Gasteiger partial charge < -0.3 is 15.1 Å². The summed E-state index contributed by atoms with van der Waals surface area (Å²) in [6.07, 6.45) is 5.58. The van der Waals surface area contributed by atoms with E-state index in [1.165, 1.54) is 0 Å². The number of amides is 2. The van der Waals surface area contributed by atoms with Crippen molar-refractivity contribution in [2.24, 2.45) is 0 Å². The smallest absolute Gasteiger partial charge is 0.245 e. The molecule has 0 aromatic heterocycles. The Morgan fingerprint density at radius 1 is 0.913 bits per heavy atom. The second kappa shape index (κ2) is 6.99. The van der Waals surface area contributed by atoms with Gasteiger partial charge in [-0.1, -0.05) is 6.92 Å². The molecule has 0 radical (unpaired) electrons. The molecule has 6 heteroatoms. The van der Waals surface area contributed by atoms with Gasteiger partial charge in [0, 0.05) is 19.5 Å². The van der Waals surface area contributed by atoms with Crippen LogP contribution in [0.25, 0.3) is 0 Å². The number of hydrogen-bond acceptors (Lipinski definition) is 4. The van der Waals surface area contributed by atoms with E-state index in [9.17, 15) is 14.4 Å². The minimum absolute atomic E-state index is 0.0156. The predicted octanol–water partition coefficient (Wildman–Crippen LogP) is 0.700. The normalized spacial score (nSPS) is 30.9. The number of carbonyl (C=O) groups excluding carboxylic acids is 3. The minimum atomic E-state index is -0.366. The number of nitrogens with one attached hydrogen (secondary N) is 1. The van der Waals surface area contributed by atoms with Gasteiger partial charge in [0.2, 0.25) is 11.8 Å². The van der Waals surface area contributed by atoms with E-state index in [2.05, 4.69) is 5.32 Å². The Hall–Kier alpha value is -1.43. The third kappa shape index (κ3) is 3.13. The number of Topliss-reactive ketones (excluding diaryl/α,β-unsaturated/α-hetero) is 1. The molecule has 3 heterocycles. The van der Waals surface area contributed by atoms with Gasteiger partial charge in [-0.15, -0.1) is 0 Å². The van der Waals surface area contributed by atoms with E-state index in [4.69, 9.17) is 0 Å². The Kier molecular flexibility index (Phi) is 4.99. The lowest BCUT2D eigenvalue weighted by atomic mass is 10.1. The van der Waals surface area contributed by atoms with Crippen molar-refractivity contribution >= 4 is 17.6 Å². The Morgan fingerprint density at radius 3 is 2.17 bits per heavy atom. The summed E-state index contributed by atoms with van der Waals surface area (Å²) in [6, 6.07) is -0.764. The van der Waals surface area contributed by atoms with E-state index in [-0.39, 0.29) is 35.7 Å². The van der Waals surface area contributed by atoms with Crippen molar-refractivity contribution in [2.75, 3.05) is 19.6 Å². The number of ketones is 1. The van der Waals surface area contributed by atoms with Gasteiger partial charge in [-0.3, -0.25) is 14.4 Å². The lowest BCUT2D eigenvalue weighted by Gasteiger charge is -2.32. The van der Waals surface area contributed by atoms with Crippen LogP contribution in [0.1, 0.15) is 51.9 Å². The molecule has 0 aromatic carbocycles. The van der Waals surface area contributed by atoms with Crippen LogP contribution in [0, 0.1) is 0 Å². The second-order valence-electron chi connectivity index (χ2n) is 6.85. The van der Waals surface area contributed by atoms with Gasteiger partial charge in [-0.25, -0.2) is 0 Å². The van der Waals surface area contributed by atoms with Crippen LogP contribution in [-0.4, -0.2) is 65.2 Å². The molecule has 3 unspecified atom stereocenters. The van der Waals surface area contributed by atoms with Crippen molar-refractivity contribution < 1.29 is 14.4 Å². The van der Waals surface area contributed by atoms with Crippen LogP contribution in [-0.2, 0) is 14.4 Å². The van der Waals surface area contributed by atoms with E-state index in [1.54, 1.807) is 9.80 Å². The monoisotopic (exact) mass is 321 g/mol. The number of carbonyl (C=O) groups is 3. The summed E-state index contributed by atoms with van der Waals surface area (Å²) in [5.41, 5.74) is 0. The van der Waals surface area contributed by atoms with Gasteiger partial charge >= 0.3 is 0 Å². The van der Waals surface area contributed by atoms with Crippen molar-refractivity contribution in [2.45, 2.75) is 70.0 Å². The Labute approximate surface area is 137 Å². The first kappa shape index (κ1) is 16.4. The first-order valence-electron chi connectivity index (χ1n) is 9.00. The maximum absolute atomic E-state index is 13.0. The maximum Gasteiger partial charge on any atom is 0.245 e. The summed E-state index contributed by atoms with van der Waals surface area (Å²) < 4.78 is 0. The van der Waals surface area contributed by atoms with E-state index >= 15 is 0 Å². The molecule has 6 nitrogen and oxygen atoms in total. The highest BCUT2D eigenvalue weighted by Gasteiger charge is 2.43. The molecular weight excluding hydrogens is 294 g/mol. The van der Waals surface area contributed by atoms with E-state index in [0.29, 0.717) is 19.5 Å². The average molecular weight is 321 g/mol. The van der Waals surface area contributed by atoms with Gasteiger partial charge in [0.05, 0.1) is 12.1 Å². The fraction of sp³-hybridized carbons (Fsp3) is 0.824. The molecule has 0 bridgehead atoms. The van der Waals surface area contributed by atoms with Gasteiger partial charge in [0.25, 0.3) is 0 Å². The topological polar surface area (TPSA) is 69.7 Å². The first-order valence-corrected chi connectivity index (χ1v) is 9.00. The van der Waals surface area contributed by atoms with E-state index in [0.717, 1.165) is 45.1 Å². The van der Waals surface area contributed by atoms with Crippen molar-refractivity contribution in [1.82, 2.24) is 15.1 Å². The Bertz CT molecular complexity index is 487. The number of hydrogen-bond donors (Lipinski definition) is 1. The van der Waals surface area contributed by atoms with Crippen molar-refractivity contribution in [1.29, 1.82) is 0 Å². The molecule has 0 aliphatic carbocycles. The molecule has 3 fully saturated rings. The first-order chi connectivity index (χ1) is 11.1. The van der Waals surface area contributed by atoms with Crippen LogP contribution in [0.15, 0.2) is 0 Å². The van der Waals surface area contributed by atoms with Gasteiger partial charge in [0.15, 0.2) is 5.78 Å². The largest absolute Gasteiger partial charge is 0.331 e. The SMILES string of the molecule is CCC(=O)C1CCCN1C(=O)C1CCCN1C(=O)C1CCCN1. The highest BCUT2D eigenvalue weighted by molar-refractivity contribution is 5.94. The highest BCUT2D eigenvalue weighted by Crippen LogP contribution is 2.26. The summed E-state index contributed by atoms with van der Waals surface area (Å²) in [4.78, 5) is 41.2. The molecule has 0 aromatic rings. The van der Waals surface area contributed by atoms with Crippen LogP contribution in [0.5, 0.6) is 0 Å². The summed E-state index contributed by atoms with van der Waals surface area (Å²) in [5, 5.41) is 3.23. The fourth-order valence-electron chi connectivity index (χ4n) is 4.17. The van der Waals surface area contributed by atoms with Crippen LogP contribution in [0.3, 0.4) is 0 Å². The van der Waals surface area contributed by atoms with Gasteiger partial charge in [0.1, 0.15) is 6.04 Å². The van der Waals surface area contributed by atoms with Crippen LogP contribution < -0.4 is 5.32 Å². The Morgan fingerprint density at radius 2 is 1.57 bits per heavy atom. The molecule has 3 atom stereocenters. The van der Waals surface area contributed by atoms with E-state index in [1.807, 2.05) is 6.92 Å².